The van der Waals surface area contributed by atoms with Crippen LogP contribution in [0.25, 0.3) is 0 Å². The minimum Gasteiger partial charge on any atom is -0.395 e. The first-order valence-electron chi connectivity index (χ1n) is 9.64. The van der Waals surface area contributed by atoms with E-state index in [-0.39, 0.29) is 28.6 Å². The van der Waals surface area contributed by atoms with Crippen molar-refractivity contribution >= 4 is 27.5 Å². The SMILES string of the molecule is O=C(NCCO)c1ccc(Cl)c(S(=O)(=O)N2CCC(Cc3ccccc3)CC2)c1. The smallest absolute Gasteiger partial charge is 0.251 e. The van der Waals surface area contributed by atoms with Gasteiger partial charge in [-0.1, -0.05) is 41.9 Å². The number of carbonyl (C=O) groups excluding carboxylic acids is 1. The van der Waals surface area contributed by atoms with Crippen LogP contribution >= 0.6 is 11.6 Å². The van der Waals surface area contributed by atoms with E-state index in [1.165, 1.54) is 28.1 Å². The Morgan fingerprint density at radius 1 is 1.14 bits per heavy atom. The number of benzene rings is 2. The number of rotatable bonds is 7. The number of halogens is 1. The highest BCUT2D eigenvalue weighted by Gasteiger charge is 2.31. The molecule has 1 aliphatic rings. The molecule has 2 aromatic carbocycles. The van der Waals surface area contributed by atoms with Crippen molar-refractivity contribution in [3.63, 3.8) is 0 Å². The Kier molecular flexibility index (Phi) is 7.29. The summed E-state index contributed by atoms with van der Waals surface area (Å²) in [5, 5.41) is 11.4. The van der Waals surface area contributed by atoms with Gasteiger partial charge in [0, 0.05) is 25.2 Å². The van der Waals surface area contributed by atoms with Gasteiger partial charge in [0.2, 0.25) is 10.0 Å². The summed E-state index contributed by atoms with van der Waals surface area (Å²) in [6.07, 6.45) is 2.50. The van der Waals surface area contributed by atoms with E-state index in [9.17, 15) is 13.2 Å². The molecule has 2 N–H and O–H groups in total. The van der Waals surface area contributed by atoms with Crippen molar-refractivity contribution in [3.05, 3.63) is 64.7 Å². The van der Waals surface area contributed by atoms with E-state index in [1.807, 2.05) is 18.2 Å². The molecule has 0 aromatic heterocycles. The van der Waals surface area contributed by atoms with E-state index in [0.717, 1.165) is 19.3 Å². The van der Waals surface area contributed by atoms with Gasteiger partial charge in [-0.15, -0.1) is 0 Å². The van der Waals surface area contributed by atoms with E-state index in [0.29, 0.717) is 19.0 Å². The summed E-state index contributed by atoms with van der Waals surface area (Å²) in [5.41, 5.74) is 1.46. The van der Waals surface area contributed by atoms with Gasteiger partial charge in [0.1, 0.15) is 4.90 Å². The van der Waals surface area contributed by atoms with Crippen LogP contribution < -0.4 is 5.32 Å². The summed E-state index contributed by atoms with van der Waals surface area (Å²) >= 11 is 6.17. The quantitative estimate of drug-likeness (QED) is 0.698. The lowest BCUT2D eigenvalue weighted by Gasteiger charge is -2.31. The number of hydrogen-bond donors (Lipinski definition) is 2. The second kappa shape index (κ2) is 9.71. The third-order valence-corrected chi connectivity index (χ3v) is 7.53. The summed E-state index contributed by atoms with van der Waals surface area (Å²) in [7, 11) is -3.79. The number of amides is 1. The van der Waals surface area contributed by atoms with E-state index in [1.54, 1.807) is 0 Å². The molecule has 0 atom stereocenters. The molecule has 0 aliphatic carbocycles. The minimum absolute atomic E-state index is 0.0580. The molecule has 29 heavy (non-hydrogen) atoms. The van der Waals surface area contributed by atoms with Crippen molar-refractivity contribution in [1.82, 2.24) is 9.62 Å². The number of aliphatic hydroxyl groups is 1. The van der Waals surface area contributed by atoms with Gasteiger partial charge >= 0.3 is 0 Å². The number of aliphatic hydroxyl groups excluding tert-OH is 1. The Morgan fingerprint density at radius 2 is 1.83 bits per heavy atom. The van der Waals surface area contributed by atoms with Crippen LogP contribution in [0, 0.1) is 5.92 Å². The summed E-state index contributed by atoms with van der Waals surface area (Å²) in [6, 6.07) is 14.4. The van der Waals surface area contributed by atoms with Gasteiger partial charge in [0.25, 0.3) is 5.91 Å². The summed E-state index contributed by atoms with van der Waals surface area (Å²) in [4.78, 5) is 12.1. The Hall–Kier alpha value is -1.93. The average molecular weight is 437 g/mol. The van der Waals surface area contributed by atoms with Crippen LogP contribution in [0.1, 0.15) is 28.8 Å². The van der Waals surface area contributed by atoms with E-state index in [4.69, 9.17) is 16.7 Å². The highest BCUT2D eigenvalue weighted by atomic mass is 35.5. The molecule has 3 rings (SSSR count). The molecule has 1 saturated heterocycles. The Bertz CT molecular complexity index is 942. The van der Waals surface area contributed by atoms with Gasteiger partial charge < -0.3 is 10.4 Å². The zero-order valence-corrected chi connectivity index (χ0v) is 17.6. The number of carbonyl (C=O) groups is 1. The molecule has 0 bridgehead atoms. The normalized spacial score (nSPS) is 15.9. The lowest BCUT2D eigenvalue weighted by Crippen LogP contribution is -2.39. The average Bonchev–Trinajstić information content (AvgIpc) is 2.73. The first kappa shape index (κ1) is 21.8. The zero-order valence-electron chi connectivity index (χ0n) is 16.1. The van der Waals surface area contributed by atoms with E-state index in [2.05, 4.69) is 17.4 Å². The van der Waals surface area contributed by atoms with E-state index < -0.39 is 15.9 Å². The lowest BCUT2D eigenvalue weighted by atomic mass is 9.91. The molecule has 1 heterocycles. The highest BCUT2D eigenvalue weighted by Crippen LogP contribution is 2.30. The summed E-state index contributed by atoms with van der Waals surface area (Å²) in [6.45, 7) is 0.759. The third-order valence-electron chi connectivity index (χ3n) is 5.15. The maximum atomic E-state index is 13.1. The molecule has 2 aromatic rings. The molecule has 1 fully saturated rings. The van der Waals surface area contributed by atoms with Gasteiger partial charge in [0.15, 0.2) is 0 Å². The fraction of sp³-hybridized carbons (Fsp3) is 0.381. The van der Waals surface area contributed by atoms with Crippen molar-refractivity contribution in [3.8, 4) is 0 Å². The Labute approximate surface area is 176 Å². The van der Waals surface area contributed by atoms with Crippen molar-refractivity contribution in [2.24, 2.45) is 5.92 Å². The zero-order chi connectivity index (χ0) is 20.9. The summed E-state index contributed by atoms with van der Waals surface area (Å²) in [5.74, 6) is -0.0105. The van der Waals surface area contributed by atoms with Crippen LogP contribution in [-0.2, 0) is 16.4 Å². The number of hydrogen-bond acceptors (Lipinski definition) is 4. The van der Waals surface area contributed by atoms with Crippen LogP contribution in [-0.4, -0.2) is 50.0 Å². The monoisotopic (exact) mass is 436 g/mol. The van der Waals surface area contributed by atoms with Gasteiger partial charge in [-0.2, -0.15) is 4.31 Å². The lowest BCUT2D eigenvalue weighted by molar-refractivity contribution is 0.0944. The maximum absolute atomic E-state index is 13.1. The predicted octanol–water partition coefficient (Wildman–Crippen LogP) is 2.71. The molecule has 0 unspecified atom stereocenters. The largest absolute Gasteiger partial charge is 0.395 e. The highest BCUT2D eigenvalue weighted by molar-refractivity contribution is 7.89. The molecule has 6 nitrogen and oxygen atoms in total. The molecule has 1 amide bonds. The van der Waals surface area contributed by atoms with Gasteiger partial charge in [-0.05, 0) is 48.9 Å². The molecule has 1 aliphatic heterocycles. The molecule has 8 heteroatoms. The first-order valence-corrected chi connectivity index (χ1v) is 11.5. The topological polar surface area (TPSA) is 86.7 Å². The van der Waals surface area contributed by atoms with Gasteiger partial charge in [0.05, 0.1) is 11.6 Å². The molecule has 0 radical (unpaired) electrons. The van der Waals surface area contributed by atoms with Crippen molar-refractivity contribution in [2.75, 3.05) is 26.2 Å². The predicted molar refractivity (Wildman–Crippen MR) is 112 cm³/mol. The molecular formula is C21H25ClN2O4S. The van der Waals surface area contributed by atoms with E-state index >= 15 is 0 Å². The van der Waals surface area contributed by atoms with Crippen LogP contribution in [0.15, 0.2) is 53.4 Å². The molecular weight excluding hydrogens is 412 g/mol. The number of piperidine rings is 1. The molecule has 0 spiro atoms. The fourth-order valence-corrected chi connectivity index (χ4v) is 5.52. The van der Waals surface area contributed by atoms with Crippen molar-refractivity contribution in [2.45, 2.75) is 24.2 Å². The van der Waals surface area contributed by atoms with Crippen molar-refractivity contribution < 1.29 is 18.3 Å². The Morgan fingerprint density at radius 3 is 2.48 bits per heavy atom. The number of sulfonamides is 1. The third kappa shape index (κ3) is 5.36. The van der Waals surface area contributed by atoms with Crippen LogP contribution in [0.4, 0.5) is 0 Å². The fourth-order valence-electron chi connectivity index (χ4n) is 3.55. The van der Waals surface area contributed by atoms with Crippen LogP contribution in [0.5, 0.6) is 0 Å². The summed E-state index contributed by atoms with van der Waals surface area (Å²) < 4.78 is 27.7. The van der Waals surface area contributed by atoms with Gasteiger partial charge in [-0.3, -0.25) is 4.79 Å². The van der Waals surface area contributed by atoms with Gasteiger partial charge in [-0.25, -0.2) is 8.42 Å². The first-order chi connectivity index (χ1) is 13.9. The minimum atomic E-state index is -3.79. The van der Waals surface area contributed by atoms with Crippen LogP contribution in [0.2, 0.25) is 5.02 Å². The van der Waals surface area contributed by atoms with Crippen molar-refractivity contribution in [1.29, 1.82) is 0 Å². The second-order valence-electron chi connectivity index (χ2n) is 7.16. The molecule has 0 saturated carbocycles. The number of nitrogens with zero attached hydrogens (tertiary/aromatic N) is 1. The Balaban J connectivity index is 1.70. The maximum Gasteiger partial charge on any atom is 0.251 e. The molecule has 156 valence electrons. The number of nitrogens with one attached hydrogen (secondary N) is 1. The second-order valence-corrected chi connectivity index (χ2v) is 9.48. The van der Waals surface area contributed by atoms with Crippen LogP contribution in [0.3, 0.4) is 0 Å². The standard InChI is InChI=1S/C21H25ClN2O4S/c22-19-7-6-18(21(26)23-10-13-25)15-20(19)29(27,28)24-11-8-17(9-12-24)14-16-4-2-1-3-5-16/h1-7,15,17,25H,8-14H2,(H,23,26).